The predicted molar refractivity (Wildman–Crippen MR) is 141 cm³/mol. The van der Waals surface area contributed by atoms with Crippen LogP contribution in [0.25, 0.3) is 0 Å². The Bertz CT molecular complexity index is 1280. The first kappa shape index (κ1) is 27.8. The zero-order valence-electron chi connectivity index (χ0n) is 20.5. The fourth-order valence-corrected chi connectivity index (χ4v) is 7.82. The highest BCUT2D eigenvalue weighted by atomic mass is 35.5. The Balaban J connectivity index is 1.22. The Hall–Kier alpha value is -2.18. The normalized spacial score (nSPS) is 19.5. The molecule has 1 atom stereocenters. The minimum Gasteiger partial charge on any atom is -0.492 e. The van der Waals surface area contributed by atoms with Crippen LogP contribution in [0.5, 0.6) is 5.75 Å². The van der Waals surface area contributed by atoms with Crippen molar-refractivity contribution in [3.05, 3.63) is 59.1 Å². The standard InChI is InChI=1S/C25H32ClN3O6S2/c26-22-7-5-20(6-8-22)19-36(31,32)29-16-3-4-21(18-29)25(30)27-13-17-35-23-9-11-24(12-10-23)37(33,34)28-14-1-2-15-28/h5-12,21H,1-4,13-19H2,(H,27,30). The molecule has 12 heteroatoms. The van der Waals surface area contributed by atoms with E-state index in [9.17, 15) is 21.6 Å². The van der Waals surface area contributed by atoms with Gasteiger partial charge in [0.2, 0.25) is 26.0 Å². The first-order chi connectivity index (χ1) is 17.6. The largest absolute Gasteiger partial charge is 0.492 e. The van der Waals surface area contributed by atoms with E-state index < -0.39 is 26.0 Å². The van der Waals surface area contributed by atoms with Crippen molar-refractivity contribution in [1.29, 1.82) is 0 Å². The van der Waals surface area contributed by atoms with E-state index in [0.717, 1.165) is 12.8 Å². The number of halogens is 1. The molecule has 2 heterocycles. The number of nitrogens with one attached hydrogen (secondary N) is 1. The lowest BCUT2D eigenvalue weighted by molar-refractivity contribution is -0.126. The lowest BCUT2D eigenvalue weighted by Gasteiger charge is -2.31. The maximum Gasteiger partial charge on any atom is 0.243 e. The topological polar surface area (TPSA) is 113 Å². The number of carbonyl (C=O) groups is 1. The number of nitrogens with zero attached hydrogens (tertiary/aromatic N) is 2. The van der Waals surface area contributed by atoms with Crippen molar-refractivity contribution in [2.45, 2.75) is 36.3 Å². The lowest BCUT2D eigenvalue weighted by Crippen LogP contribution is -2.46. The van der Waals surface area contributed by atoms with Crippen LogP contribution in [0.2, 0.25) is 5.02 Å². The van der Waals surface area contributed by atoms with Gasteiger partial charge in [0.15, 0.2) is 0 Å². The zero-order valence-corrected chi connectivity index (χ0v) is 22.9. The summed E-state index contributed by atoms with van der Waals surface area (Å²) in [5.74, 6) is -0.262. The molecule has 0 aromatic heterocycles. The van der Waals surface area contributed by atoms with Crippen LogP contribution in [0.15, 0.2) is 53.4 Å². The van der Waals surface area contributed by atoms with E-state index in [4.69, 9.17) is 16.3 Å². The Labute approximate surface area is 223 Å². The molecule has 2 fully saturated rings. The maximum absolute atomic E-state index is 12.9. The average Bonchev–Trinajstić information content (AvgIpc) is 3.44. The van der Waals surface area contributed by atoms with Gasteiger partial charge < -0.3 is 10.1 Å². The second-order valence-electron chi connectivity index (χ2n) is 9.30. The Kier molecular flexibility index (Phi) is 9.12. The summed E-state index contributed by atoms with van der Waals surface area (Å²) in [6, 6.07) is 13.0. The highest BCUT2D eigenvalue weighted by Gasteiger charge is 2.32. The van der Waals surface area contributed by atoms with Crippen LogP contribution < -0.4 is 10.1 Å². The van der Waals surface area contributed by atoms with Crippen molar-refractivity contribution in [2.75, 3.05) is 39.3 Å². The van der Waals surface area contributed by atoms with Crippen molar-refractivity contribution < 1.29 is 26.4 Å². The van der Waals surface area contributed by atoms with Crippen LogP contribution in [0.1, 0.15) is 31.2 Å². The molecule has 2 saturated heterocycles. The average molecular weight is 570 g/mol. The van der Waals surface area contributed by atoms with Crippen molar-refractivity contribution in [3.63, 3.8) is 0 Å². The van der Waals surface area contributed by atoms with Crippen LogP contribution in [-0.2, 0) is 30.6 Å². The highest BCUT2D eigenvalue weighted by Crippen LogP contribution is 2.24. The van der Waals surface area contributed by atoms with Crippen LogP contribution >= 0.6 is 11.6 Å². The number of piperidine rings is 1. The van der Waals surface area contributed by atoms with Gasteiger partial charge in [0.05, 0.1) is 23.1 Å². The van der Waals surface area contributed by atoms with Gasteiger partial charge in [-0.1, -0.05) is 23.7 Å². The van der Waals surface area contributed by atoms with Gasteiger partial charge in [-0.2, -0.15) is 4.31 Å². The molecule has 1 amide bonds. The van der Waals surface area contributed by atoms with Gasteiger partial charge in [-0.25, -0.2) is 21.1 Å². The van der Waals surface area contributed by atoms with Crippen molar-refractivity contribution in [1.82, 2.24) is 13.9 Å². The molecule has 0 spiro atoms. The van der Waals surface area contributed by atoms with Crippen LogP contribution in [0.4, 0.5) is 0 Å². The molecule has 9 nitrogen and oxygen atoms in total. The van der Waals surface area contributed by atoms with Gasteiger partial charge in [-0.15, -0.1) is 0 Å². The number of hydrogen-bond acceptors (Lipinski definition) is 6. The molecule has 4 rings (SSSR count). The van der Waals surface area contributed by atoms with Gasteiger partial charge in [-0.05, 0) is 67.6 Å². The molecule has 0 bridgehead atoms. The van der Waals surface area contributed by atoms with E-state index in [1.807, 2.05) is 0 Å². The number of ether oxygens (including phenoxy) is 1. The minimum atomic E-state index is -3.56. The van der Waals surface area contributed by atoms with Crippen molar-refractivity contribution >= 4 is 37.6 Å². The van der Waals surface area contributed by atoms with Crippen LogP contribution in [-0.4, -0.2) is 70.7 Å². The smallest absolute Gasteiger partial charge is 0.243 e. The monoisotopic (exact) mass is 569 g/mol. The third kappa shape index (κ3) is 7.23. The SMILES string of the molecule is O=C(NCCOc1ccc(S(=O)(=O)N2CCCC2)cc1)C1CCCN(S(=O)(=O)Cc2ccc(Cl)cc2)C1. The fourth-order valence-electron chi connectivity index (χ4n) is 4.56. The molecule has 1 N–H and O–H groups in total. The first-order valence-corrected chi connectivity index (χ1v) is 15.8. The summed E-state index contributed by atoms with van der Waals surface area (Å²) in [5.41, 5.74) is 0.648. The minimum absolute atomic E-state index is 0.134. The second kappa shape index (κ2) is 12.1. The van der Waals surface area contributed by atoms with E-state index >= 15 is 0 Å². The molecule has 2 aromatic rings. The molecule has 2 aromatic carbocycles. The van der Waals surface area contributed by atoms with E-state index in [1.54, 1.807) is 36.4 Å². The third-order valence-corrected chi connectivity index (χ3v) is 10.6. The van der Waals surface area contributed by atoms with Gasteiger partial charge in [0, 0.05) is 31.2 Å². The zero-order chi connectivity index (χ0) is 26.5. The summed E-state index contributed by atoms with van der Waals surface area (Å²) in [7, 11) is -7.03. The predicted octanol–water partition coefficient (Wildman–Crippen LogP) is 2.86. The van der Waals surface area contributed by atoms with Crippen molar-refractivity contribution in [3.8, 4) is 5.75 Å². The van der Waals surface area contributed by atoms with E-state index in [0.29, 0.717) is 48.8 Å². The summed E-state index contributed by atoms with van der Waals surface area (Å²) in [5, 5.41) is 3.36. The summed E-state index contributed by atoms with van der Waals surface area (Å²) < 4.78 is 59.5. The van der Waals surface area contributed by atoms with E-state index in [-0.39, 0.29) is 36.3 Å². The Morgan fingerprint density at radius 3 is 2.24 bits per heavy atom. The van der Waals surface area contributed by atoms with E-state index in [1.165, 1.54) is 20.7 Å². The van der Waals surface area contributed by atoms with Crippen LogP contribution in [0.3, 0.4) is 0 Å². The number of carbonyl (C=O) groups excluding carboxylic acids is 1. The number of sulfonamides is 2. The molecule has 2 aliphatic rings. The molecule has 202 valence electrons. The molecule has 37 heavy (non-hydrogen) atoms. The molecule has 1 unspecified atom stereocenters. The number of hydrogen-bond donors (Lipinski definition) is 1. The quantitative estimate of drug-likeness (QED) is 0.440. The number of benzene rings is 2. The molecule has 0 saturated carbocycles. The molecule has 2 aliphatic heterocycles. The highest BCUT2D eigenvalue weighted by molar-refractivity contribution is 7.89. The number of amides is 1. The summed E-state index contributed by atoms with van der Waals surface area (Å²) in [6.07, 6.45) is 2.99. The molecule has 0 radical (unpaired) electrons. The first-order valence-electron chi connectivity index (χ1n) is 12.4. The van der Waals surface area contributed by atoms with Gasteiger partial charge in [0.25, 0.3) is 0 Å². The molecule has 0 aliphatic carbocycles. The summed E-state index contributed by atoms with van der Waals surface area (Å²) >= 11 is 5.88. The summed E-state index contributed by atoms with van der Waals surface area (Å²) in [4.78, 5) is 12.9. The van der Waals surface area contributed by atoms with E-state index in [2.05, 4.69) is 5.32 Å². The van der Waals surface area contributed by atoms with Crippen molar-refractivity contribution in [2.24, 2.45) is 5.92 Å². The maximum atomic E-state index is 12.9. The Morgan fingerprint density at radius 2 is 1.57 bits per heavy atom. The Morgan fingerprint density at radius 1 is 0.919 bits per heavy atom. The third-order valence-electron chi connectivity index (χ3n) is 6.61. The second-order valence-corrected chi connectivity index (χ2v) is 13.6. The van der Waals surface area contributed by atoms with Gasteiger partial charge in [0.1, 0.15) is 12.4 Å². The fraction of sp³-hybridized carbons (Fsp3) is 0.480. The number of rotatable bonds is 10. The lowest BCUT2D eigenvalue weighted by atomic mass is 9.99. The van der Waals surface area contributed by atoms with Gasteiger partial charge >= 0.3 is 0 Å². The molecular formula is C25H32ClN3O6S2. The van der Waals surface area contributed by atoms with Crippen LogP contribution in [0, 0.1) is 5.92 Å². The van der Waals surface area contributed by atoms with Gasteiger partial charge in [-0.3, -0.25) is 4.79 Å². The summed E-state index contributed by atoms with van der Waals surface area (Å²) in [6.45, 7) is 2.10. The molecular weight excluding hydrogens is 538 g/mol.